The maximum atomic E-state index is 2.79. The Morgan fingerprint density at radius 2 is 1.73 bits per heavy atom. The molecule has 0 amide bonds. The molecule has 1 nitrogen and oxygen atoms in total. The fraction of sp³-hybridized carbons (Fsp3) is 1.00. The second kappa shape index (κ2) is 2.22. The minimum Gasteiger partial charge on any atom is -0.297 e. The Labute approximate surface area is 68.8 Å². The van der Waals surface area contributed by atoms with E-state index in [9.17, 15) is 0 Å². The van der Waals surface area contributed by atoms with Crippen molar-refractivity contribution in [1.29, 1.82) is 0 Å². The van der Waals surface area contributed by atoms with Crippen LogP contribution in [0.1, 0.15) is 38.5 Å². The maximum absolute atomic E-state index is 2.79. The predicted octanol–water partition coefficient (Wildman–Crippen LogP) is 2.02. The van der Waals surface area contributed by atoms with Crippen LogP contribution in [0.3, 0.4) is 0 Å². The molecule has 1 saturated heterocycles. The molecule has 3 rings (SSSR count). The van der Waals surface area contributed by atoms with E-state index in [1.54, 1.807) is 0 Å². The van der Waals surface area contributed by atoms with Crippen LogP contribution in [0, 0.1) is 5.92 Å². The molecule has 11 heavy (non-hydrogen) atoms. The summed E-state index contributed by atoms with van der Waals surface area (Å²) in [5.74, 6) is 1.12. The van der Waals surface area contributed by atoms with E-state index in [1.807, 2.05) is 0 Å². The van der Waals surface area contributed by atoms with Gasteiger partial charge in [0.05, 0.1) is 0 Å². The summed E-state index contributed by atoms with van der Waals surface area (Å²) in [6, 6.07) is 2.06. The van der Waals surface area contributed by atoms with Crippen LogP contribution in [0.2, 0.25) is 0 Å². The topological polar surface area (TPSA) is 3.24 Å². The summed E-state index contributed by atoms with van der Waals surface area (Å²) in [6.07, 6.45) is 9.07. The van der Waals surface area contributed by atoms with Gasteiger partial charge in [-0.3, -0.25) is 4.90 Å². The van der Waals surface area contributed by atoms with Gasteiger partial charge in [-0.15, -0.1) is 0 Å². The monoisotopic (exact) mass is 151 g/mol. The summed E-state index contributed by atoms with van der Waals surface area (Å²) in [5.41, 5.74) is 0. The molecule has 0 spiro atoms. The highest BCUT2D eigenvalue weighted by atomic mass is 15.3. The minimum atomic E-state index is 1.02. The first kappa shape index (κ1) is 6.47. The SMILES string of the molecule is C1CC(N2CC3CCCC32)C1. The van der Waals surface area contributed by atoms with Crippen LogP contribution in [0.15, 0.2) is 0 Å². The van der Waals surface area contributed by atoms with Crippen molar-refractivity contribution < 1.29 is 0 Å². The van der Waals surface area contributed by atoms with Gasteiger partial charge in [-0.05, 0) is 31.6 Å². The van der Waals surface area contributed by atoms with Crippen LogP contribution in [-0.4, -0.2) is 23.5 Å². The molecule has 3 aliphatic rings. The summed E-state index contributed by atoms with van der Waals surface area (Å²) in [7, 11) is 0. The fourth-order valence-electron chi connectivity index (χ4n) is 3.07. The molecule has 62 valence electrons. The second-order valence-corrected chi connectivity index (χ2v) is 4.54. The van der Waals surface area contributed by atoms with Crippen molar-refractivity contribution in [1.82, 2.24) is 4.90 Å². The Hall–Kier alpha value is -0.0400. The molecule has 0 aromatic carbocycles. The Morgan fingerprint density at radius 3 is 2.36 bits per heavy atom. The van der Waals surface area contributed by atoms with Gasteiger partial charge >= 0.3 is 0 Å². The zero-order valence-electron chi connectivity index (χ0n) is 7.13. The molecular formula is C10H17N. The Balaban J connectivity index is 1.64. The largest absolute Gasteiger partial charge is 0.297 e. The number of hydrogen-bond donors (Lipinski definition) is 0. The zero-order chi connectivity index (χ0) is 7.26. The van der Waals surface area contributed by atoms with Crippen molar-refractivity contribution in [3.8, 4) is 0 Å². The minimum absolute atomic E-state index is 1.02. The third kappa shape index (κ3) is 0.807. The third-order valence-corrected chi connectivity index (χ3v) is 4.03. The van der Waals surface area contributed by atoms with Gasteiger partial charge in [-0.1, -0.05) is 12.8 Å². The third-order valence-electron chi connectivity index (χ3n) is 4.03. The van der Waals surface area contributed by atoms with Crippen molar-refractivity contribution in [2.45, 2.75) is 50.6 Å². The lowest BCUT2D eigenvalue weighted by Gasteiger charge is -2.52. The van der Waals surface area contributed by atoms with E-state index in [4.69, 9.17) is 0 Å². The summed E-state index contributed by atoms with van der Waals surface area (Å²) in [5, 5.41) is 0. The van der Waals surface area contributed by atoms with E-state index in [0.29, 0.717) is 0 Å². The lowest BCUT2D eigenvalue weighted by atomic mass is 9.82. The fourth-order valence-corrected chi connectivity index (χ4v) is 3.07. The van der Waals surface area contributed by atoms with Gasteiger partial charge in [-0.2, -0.15) is 0 Å². The molecule has 2 atom stereocenters. The first-order chi connectivity index (χ1) is 5.45. The molecule has 2 unspecified atom stereocenters. The molecule has 1 aliphatic heterocycles. The van der Waals surface area contributed by atoms with Crippen molar-refractivity contribution in [3.63, 3.8) is 0 Å². The maximum Gasteiger partial charge on any atom is 0.0139 e. The molecule has 0 bridgehead atoms. The van der Waals surface area contributed by atoms with E-state index in [1.165, 1.54) is 45.1 Å². The molecule has 0 radical (unpaired) electrons. The molecule has 0 aromatic rings. The second-order valence-electron chi connectivity index (χ2n) is 4.54. The van der Waals surface area contributed by atoms with Gasteiger partial charge in [0.25, 0.3) is 0 Å². The van der Waals surface area contributed by atoms with Crippen LogP contribution in [0.5, 0.6) is 0 Å². The van der Waals surface area contributed by atoms with Crippen molar-refractivity contribution in [2.24, 2.45) is 5.92 Å². The summed E-state index contributed by atoms with van der Waals surface area (Å²) >= 11 is 0. The smallest absolute Gasteiger partial charge is 0.0139 e. The Morgan fingerprint density at radius 1 is 0.909 bits per heavy atom. The Bertz CT molecular complexity index is 162. The molecule has 2 aliphatic carbocycles. The van der Waals surface area contributed by atoms with E-state index in [-0.39, 0.29) is 0 Å². The number of rotatable bonds is 1. The van der Waals surface area contributed by atoms with Crippen LogP contribution in [0.25, 0.3) is 0 Å². The van der Waals surface area contributed by atoms with Gasteiger partial charge in [0, 0.05) is 18.6 Å². The molecule has 0 N–H and O–H groups in total. The molecule has 3 fully saturated rings. The molecule has 0 aromatic heterocycles. The Kier molecular flexibility index (Phi) is 1.31. The number of nitrogens with zero attached hydrogens (tertiary/aromatic N) is 1. The normalized spacial score (nSPS) is 44.7. The van der Waals surface area contributed by atoms with E-state index >= 15 is 0 Å². The lowest BCUT2D eigenvalue weighted by Crippen LogP contribution is -2.59. The van der Waals surface area contributed by atoms with E-state index in [2.05, 4.69) is 4.90 Å². The van der Waals surface area contributed by atoms with Crippen LogP contribution < -0.4 is 0 Å². The average Bonchev–Trinajstić information content (AvgIpc) is 2.21. The quantitative estimate of drug-likeness (QED) is 0.554. The summed E-state index contributed by atoms with van der Waals surface area (Å²) in [6.45, 7) is 1.45. The van der Waals surface area contributed by atoms with Crippen molar-refractivity contribution >= 4 is 0 Å². The molecule has 1 heteroatoms. The first-order valence-corrected chi connectivity index (χ1v) is 5.21. The van der Waals surface area contributed by atoms with Crippen LogP contribution in [-0.2, 0) is 0 Å². The average molecular weight is 151 g/mol. The molecule has 1 heterocycles. The predicted molar refractivity (Wildman–Crippen MR) is 45.5 cm³/mol. The first-order valence-electron chi connectivity index (χ1n) is 5.21. The highest BCUT2D eigenvalue weighted by Gasteiger charge is 2.45. The van der Waals surface area contributed by atoms with Gasteiger partial charge in [0.2, 0.25) is 0 Å². The van der Waals surface area contributed by atoms with Gasteiger partial charge in [-0.25, -0.2) is 0 Å². The van der Waals surface area contributed by atoms with E-state index in [0.717, 1.165) is 18.0 Å². The highest BCUT2D eigenvalue weighted by molar-refractivity contribution is 5.00. The van der Waals surface area contributed by atoms with Gasteiger partial charge in [0.1, 0.15) is 0 Å². The highest BCUT2D eigenvalue weighted by Crippen LogP contribution is 2.43. The number of hydrogen-bond acceptors (Lipinski definition) is 1. The summed E-state index contributed by atoms with van der Waals surface area (Å²) < 4.78 is 0. The van der Waals surface area contributed by atoms with Gasteiger partial charge in [0.15, 0.2) is 0 Å². The molecule has 2 saturated carbocycles. The van der Waals surface area contributed by atoms with Crippen molar-refractivity contribution in [3.05, 3.63) is 0 Å². The number of fused-ring (bicyclic) bond motifs is 1. The standard InChI is InChI=1S/C10H17N/c1-3-8-7-11(10(8)6-1)9-4-2-5-9/h8-10H,1-7H2. The van der Waals surface area contributed by atoms with E-state index < -0.39 is 0 Å². The lowest BCUT2D eigenvalue weighted by molar-refractivity contribution is -0.0314. The molecular weight excluding hydrogens is 134 g/mol. The van der Waals surface area contributed by atoms with Crippen molar-refractivity contribution in [2.75, 3.05) is 6.54 Å². The zero-order valence-corrected chi connectivity index (χ0v) is 7.13. The van der Waals surface area contributed by atoms with Gasteiger partial charge < -0.3 is 0 Å². The number of likely N-dealkylation sites (tertiary alicyclic amines) is 1. The van der Waals surface area contributed by atoms with Crippen LogP contribution >= 0.6 is 0 Å². The summed E-state index contributed by atoms with van der Waals surface area (Å²) in [4.78, 5) is 2.79. The van der Waals surface area contributed by atoms with Crippen LogP contribution in [0.4, 0.5) is 0 Å².